The van der Waals surface area contributed by atoms with E-state index in [-0.39, 0.29) is 11.4 Å². The van der Waals surface area contributed by atoms with E-state index in [1.807, 2.05) is 0 Å². The number of hydrogen-bond acceptors (Lipinski definition) is 6. The number of nitrogens with zero attached hydrogens (tertiary/aromatic N) is 1. The second-order valence-electron chi connectivity index (χ2n) is 5.89. The molecule has 1 amide bonds. The second kappa shape index (κ2) is 7.96. The highest BCUT2D eigenvalue weighted by atomic mass is 19.1. The molecule has 144 valence electrons. The number of benzene rings is 1. The Labute approximate surface area is 153 Å². The van der Waals surface area contributed by atoms with E-state index in [0.717, 1.165) is 18.2 Å². The number of hydrogen-bond donors (Lipinski definition) is 3. The van der Waals surface area contributed by atoms with Gasteiger partial charge in [0.05, 0.1) is 11.0 Å². The predicted molar refractivity (Wildman–Crippen MR) is 92.9 cm³/mol. The van der Waals surface area contributed by atoms with Crippen molar-refractivity contribution in [1.29, 1.82) is 0 Å². The fraction of sp³-hybridized carbons (Fsp3) is 0.294. The van der Waals surface area contributed by atoms with E-state index < -0.39 is 41.0 Å². The number of ether oxygens (including phenoxy) is 1. The summed E-state index contributed by atoms with van der Waals surface area (Å²) in [6, 6.07) is 2.86. The first-order valence-electron chi connectivity index (χ1n) is 7.89. The number of aliphatic hydroxyl groups excluding tert-OH is 1. The van der Waals surface area contributed by atoms with Gasteiger partial charge in [0.2, 0.25) is 5.82 Å². The van der Waals surface area contributed by atoms with Crippen LogP contribution in [-0.2, 0) is 9.53 Å². The van der Waals surface area contributed by atoms with Crippen LogP contribution in [0.4, 0.5) is 15.8 Å². The first kappa shape index (κ1) is 20.0. The average molecular weight is 379 g/mol. The summed E-state index contributed by atoms with van der Waals surface area (Å²) < 4.78 is 18.2. The van der Waals surface area contributed by atoms with Crippen molar-refractivity contribution in [3.05, 3.63) is 56.6 Å². The third kappa shape index (κ3) is 4.47. The molecule has 0 aliphatic heterocycles. The van der Waals surface area contributed by atoms with Crippen LogP contribution in [-0.4, -0.2) is 33.5 Å². The Morgan fingerprint density at radius 1 is 1.41 bits per heavy atom. The van der Waals surface area contributed by atoms with Gasteiger partial charge in [0, 0.05) is 23.0 Å². The highest BCUT2D eigenvalue weighted by Gasteiger charge is 2.22. The number of halogens is 1. The van der Waals surface area contributed by atoms with Gasteiger partial charge >= 0.3 is 11.7 Å². The Bertz CT molecular complexity index is 906. The zero-order valence-corrected chi connectivity index (χ0v) is 14.8. The smallest absolute Gasteiger partial charge is 0.355 e. The molecule has 0 aliphatic rings. The Morgan fingerprint density at radius 3 is 2.63 bits per heavy atom. The number of esters is 1. The molecule has 0 fully saturated rings. The molecule has 0 saturated carbocycles. The summed E-state index contributed by atoms with van der Waals surface area (Å²) in [5, 5.41) is 22.7. The van der Waals surface area contributed by atoms with Crippen molar-refractivity contribution in [2.75, 3.05) is 11.9 Å². The van der Waals surface area contributed by atoms with Crippen molar-refractivity contribution < 1.29 is 28.7 Å². The largest absolute Gasteiger partial charge is 0.451 e. The Balaban J connectivity index is 2.02. The number of anilines is 1. The van der Waals surface area contributed by atoms with E-state index in [9.17, 15) is 29.2 Å². The zero-order chi connectivity index (χ0) is 20.3. The summed E-state index contributed by atoms with van der Waals surface area (Å²) in [4.78, 5) is 36.6. The number of aliphatic hydroxyl groups is 1. The summed E-state index contributed by atoms with van der Waals surface area (Å²) in [6.07, 6.45) is -0.777. The molecule has 1 unspecified atom stereocenters. The van der Waals surface area contributed by atoms with Crippen LogP contribution in [0.2, 0.25) is 0 Å². The van der Waals surface area contributed by atoms with Crippen LogP contribution in [0.3, 0.4) is 0 Å². The van der Waals surface area contributed by atoms with E-state index in [1.54, 1.807) is 20.8 Å². The number of H-pyrrole nitrogens is 1. The monoisotopic (exact) mass is 379 g/mol. The van der Waals surface area contributed by atoms with Gasteiger partial charge in [-0.15, -0.1) is 0 Å². The summed E-state index contributed by atoms with van der Waals surface area (Å²) >= 11 is 0. The minimum absolute atomic E-state index is 0.00700. The molecule has 27 heavy (non-hydrogen) atoms. The molecule has 0 bridgehead atoms. The van der Waals surface area contributed by atoms with Gasteiger partial charge in [-0.05, 0) is 38.5 Å². The van der Waals surface area contributed by atoms with E-state index in [2.05, 4.69) is 10.3 Å². The SMILES string of the molecule is Cc1[nH]c(C(=O)OCC(=O)Nc2ccc(F)c([N+](=O)[O-])c2)c(C)c1C(C)O. The molecule has 1 atom stereocenters. The number of nitro groups is 1. The molecule has 2 rings (SSSR count). The molecular weight excluding hydrogens is 361 g/mol. The van der Waals surface area contributed by atoms with Crippen LogP contribution in [0.25, 0.3) is 0 Å². The van der Waals surface area contributed by atoms with Crippen LogP contribution in [0.1, 0.15) is 40.3 Å². The number of nitro benzene ring substituents is 1. The van der Waals surface area contributed by atoms with Gasteiger partial charge < -0.3 is 20.1 Å². The summed E-state index contributed by atoms with van der Waals surface area (Å²) in [5.41, 5.74) is 1.03. The minimum Gasteiger partial charge on any atom is -0.451 e. The number of amides is 1. The number of nitrogens with one attached hydrogen (secondary N) is 2. The van der Waals surface area contributed by atoms with E-state index in [0.29, 0.717) is 16.8 Å². The molecular formula is C17H18FN3O6. The number of carbonyl (C=O) groups is 2. The Morgan fingerprint density at radius 2 is 2.07 bits per heavy atom. The molecule has 0 saturated heterocycles. The zero-order valence-electron chi connectivity index (χ0n) is 14.8. The van der Waals surface area contributed by atoms with Crippen LogP contribution in [0.15, 0.2) is 18.2 Å². The number of rotatable bonds is 6. The van der Waals surface area contributed by atoms with Gasteiger partial charge in [-0.3, -0.25) is 14.9 Å². The predicted octanol–water partition coefficient (Wildman–Crippen LogP) is 2.53. The van der Waals surface area contributed by atoms with Crippen molar-refractivity contribution in [2.24, 2.45) is 0 Å². The lowest BCUT2D eigenvalue weighted by Gasteiger charge is -2.07. The fourth-order valence-corrected chi connectivity index (χ4v) is 2.73. The van der Waals surface area contributed by atoms with Gasteiger partial charge in [0.15, 0.2) is 6.61 Å². The maximum Gasteiger partial charge on any atom is 0.355 e. The second-order valence-corrected chi connectivity index (χ2v) is 5.89. The van der Waals surface area contributed by atoms with Crippen LogP contribution >= 0.6 is 0 Å². The first-order chi connectivity index (χ1) is 12.6. The van der Waals surface area contributed by atoms with E-state index in [4.69, 9.17) is 4.74 Å². The van der Waals surface area contributed by atoms with E-state index >= 15 is 0 Å². The van der Waals surface area contributed by atoms with Gasteiger partial charge in [0.1, 0.15) is 5.69 Å². The third-order valence-electron chi connectivity index (χ3n) is 3.88. The lowest BCUT2D eigenvalue weighted by Crippen LogP contribution is -2.21. The lowest BCUT2D eigenvalue weighted by atomic mass is 10.1. The number of carbonyl (C=O) groups excluding carboxylic acids is 2. The molecule has 0 spiro atoms. The molecule has 2 aromatic rings. The van der Waals surface area contributed by atoms with Crippen molar-refractivity contribution in [2.45, 2.75) is 26.9 Å². The fourth-order valence-electron chi connectivity index (χ4n) is 2.73. The first-order valence-corrected chi connectivity index (χ1v) is 7.89. The van der Waals surface area contributed by atoms with Gasteiger partial charge in [-0.2, -0.15) is 4.39 Å². The Kier molecular flexibility index (Phi) is 5.91. The average Bonchev–Trinajstić information content (AvgIpc) is 2.88. The molecule has 0 aliphatic carbocycles. The highest BCUT2D eigenvalue weighted by molar-refractivity contribution is 5.95. The standard InChI is InChI=1S/C17H18FN3O6/c1-8-15(10(3)22)9(2)19-16(8)17(24)27-7-14(23)20-11-4-5-12(18)13(6-11)21(25)26/h4-6,10,19,22H,7H2,1-3H3,(H,20,23). The minimum atomic E-state index is -1.03. The third-order valence-corrected chi connectivity index (χ3v) is 3.88. The quantitative estimate of drug-likeness (QED) is 0.401. The van der Waals surface area contributed by atoms with Gasteiger partial charge in [-0.1, -0.05) is 0 Å². The molecule has 3 N–H and O–H groups in total. The van der Waals surface area contributed by atoms with Crippen molar-refractivity contribution >= 4 is 23.3 Å². The molecule has 1 heterocycles. The van der Waals surface area contributed by atoms with Crippen LogP contribution < -0.4 is 5.32 Å². The molecule has 1 aromatic heterocycles. The van der Waals surface area contributed by atoms with Crippen molar-refractivity contribution in [3.63, 3.8) is 0 Å². The summed E-state index contributed by atoms with van der Waals surface area (Å²) in [6.45, 7) is 4.25. The lowest BCUT2D eigenvalue weighted by molar-refractivity contribution is -0.387. The maximum absolute atomic E-state index is 13.3. The van der Waals surface area contributed by atoms with Gasteiger partial charge in [-0.25, -0.2) is 4.79 Å². The molecule has 9 nitrogen and oxygen atoms in total. The molecule has 1 aromatic carbocycles. The topological polar surface area (TPSA) is 135 Å². The van der Waals surface area contributed by atoms with Gasteiger partial charge in [0.25, 0.3) is 5.91 Å². The van der Waals surface area contributed by atoms with Crippen molar-refractivity contribution in [3.8, 4) is 0 Å². The molecule has 0 radical (unpaired) electrons. The summed E-state index contributed by atoms with van der Waals surface area (Å²) in [5.74, 6) is -2.57. The maximum atomic E-state index is 13.3. The normalized spacial score (nSPS) is 11.7. The number of aromatic nitrogens is 1. The Hall–Kier alpha value is -3.27. The highest BCUT2D eigenvalue weighted by Crippen LogP contribution is 2.25. The van der Waals surface area contributed by atoms with E-state index in [1.165, 1.54) is 0 Å². The number of aryl methyl sites for hydroxylation is 1. The van der Waals surface area contributed by atoms with Crippen LogP contribution in [0, 0.1) is 29.8 Å². The van der Waals surface area contributed by atoms with Crippen LogP contribution in [0.5, 0.6) is 0 Å². The van der Waals surface area contributed by atoms with Crippen molar-refractivity contribution in [1.82, 2.24) is 4.98 Å². The number of aromatic amines is 1. The molecule has 10 heteroatoms. The summed E-state index contributed by atoms with van der Waals surface area (Å²) in [7, 11) is 0.